The maximum Gasteiger partial charge on any atom is 0.138 e. The molecule has 2 aromatic rings. The Hall–Kier alpha value is -2.22. The van der Waals surface area contributed by atoms with Crippen LogP contribution < -0.4 is 9.47 Å². The molecule has 0 aromatic heterocycles. The molecule has 1 fully saturated rings. The van der Waals surface area contributed by atoms with E-state index < -0.39 is 23.8 Å². The van der Waals surface area contributed by atoms with Crippen LogP contribution in [0.1, 0.15) is 33.3 Å². The zero-order valence-electron chi connectivity index (χ0n) is 19.3. The van der Waals surface area contributed by atoms with Crippen LogP contribution in [-0.2, 0) is 6.54 Å². The van der Waals surface area contributed by atoms with Gasteiger partial charge in [0, 0.05) is 56.5 Å². The Morgan fingerprint density at radius 2 is 1.59 bits per heavy atom. The minimum atomic E-state index is -0.728. The zero-order chi connectivity index (χ0) is 23.3. The molecule has 0 saturated carbocycles. The molecule has 3 rings (SSSR count). The highest BCUT2D eigenvalue weighted by Crippen LogP contribution is 2.23. The van der Waals surface area contributed by atoms with E-state index in [2.05, 4.69) is 37.5 Å². The minimum Gasteiger partial charge on any atom is -0.492 e. The maximum atomic E-state index is 13.4. The van der Waals surface area contributed by atoms with Crippen LogP contribution in [0.25, 0.3) is 0 Å². The van der Waals surface area contributed by atoms with Gasteiger partial charge in [-0.2, -0.15) is 0 Å². The monoisotopic (exact) mass is 448 g/mol. The van der Waals surface area contributed by atoms with Gasteiger partial charge in [0.05, 0.1) is 0 Å². The lowest BCUT2D eigenvalue weighted by atomic mass is 10.2. The molecule has 1 N–H and O–H groups in total. The van der Waals surface area contributed by atoms with Crippen LogP contribution in [0.3, 0.4) is 0 Å². The number of benzene rings is 2. The summed E-state index contributed by atoms with van der Waals surface area (Å²) < 4.78 is 38.3. The molecule has 0 spiro atoms. The van der Waals surface area contributed by atoms with Crippen molar-refractivity contribution in [1.82, 2.24) is 9.80 Å². The third-order valence-corrected chi connectivity index (χ3v) is 5.71. The first kappa shape index (κ1) is 24.4. The van der Waals surface area contributed by atoms with Gasteiger partial charge < -0.3 is 14.6 Å². The second-order valence-electron chi connectivity index (χ2n) is 8.94. The molecule has 2 atom stereocenters. The van der Waals surface area contributed by atoms with Gasteiger partial charge in [-0.25, -0.2) is 8.78 Å². The Morgan fingerprint density at radius 1 is 0.969 bits per heavy atom. The predicted molar refractivity (Wildman–Crippen MR) is 121 cm³/mol. The summed E-state index contributed by atoms with van der Waals surface area (Å²) in [4.78, 5) is 4.45. The quantitative estimate of drug-likeness (QED) is 0.593. The molecule has 0 amide bonds. The van der Waals surface area contributed by atoms with Crippen LogP contribution in [-0.4, -0.2) is 65.4 Å². The average molecular weight is 449 g/mol. The molecular formula is C25H34F2N2O3. The fourth-order valence-electron chi connectivity index (χ4n) is 4.18. The van der Waals surface area contributed by atoms with E-state index in [1.165, 1.54) is 0 Å². The molecule has 2 aromatic carbocycles. The van der Waals surface area contributed by atoms with Crippen molar-refractivity contribution in [2.24, 2.45) is 0 Å². The normalized spacial score (nSPS) is 19.3. The largest absolute Gasteiger partial charge is 0.492 e. The fraction of sp³-hybridized carbons (Fsp3) is 0.520. The summed E-state index contributed by atoms with van der Waals surface area (Å²) in [5, 5.41) is 10.3. The van der Waals surface area contributed by atoms with E-state index in [1.807, 2.05) is 24.3 Å². The number of aliphatic hydroxyl groups is 1. The second kappa shape index (κ2) is 11.1. The van der Waals surface area contributed by atoms with Crippen molar-refractivity contribution in [2.45, 2.75) is 58.5 Å². The van der Waals surface area contributed by atoms with E-state index in [4.69, 9.17) is 9.47 Å². The molecule has 1 aliphatic rings. The van der Waals surface area contributed by atoms with Crippen LogP contribution in [0.15, 0.2) is 42.5 Å². The van der Waals surface area contributed by atoms with Crippen LogP contribution >= 0.6 is 0 Å². The third kappa shape index (κ3) is 6.89. The number of rotatable bonds is 10. The molecular weight excluding hydrogens is 414 g/mol. The van der Waals surface area contributed by atoms with Crippen molar-refractivity contribution >= 4 is 0 Å². The van der Waals surface area contributed by atoms with Crippen LogP contribution in [0.4, 0.5) is 8.78 Å². The number of aliphatic hydroxyl groups excluding tert-OH is 1. The third-order valence-electron chi connectivity index (χ3n) is 5.71. The van der Waals surface area contributed by atoms with E-state index in [0.29, 0.717) is 38.3 Å². The summed E-state index contributed by atoms with van der Waals surface area (Å²) in [6.45, 7) is 11.8. The summed E-state index contributed by atoms with van der Waals surface area (Å²) in [6, 6.07) is 11.9. The average Bonchev–Trinajstić information content (AvgIpc) is 3.03. The van der Waals surface area contributed by atoms with Crippen LogP contribution in [0, 0.1) is 11.6 Å². The first-order chi connectivity index (χ1) is 15.2. The summed E-state index contributed by atoms with van der Waals surface area (Å²) in [5.41, 5.74) is 1.09. The first-order valence-corrected chi connectivity index (χ1v) is 11.2. The summed E-state index contributed by atoms with van der Waals surface area (Å²) in [5.74, 6) is -0.485. The lowest BCUT2D eigenvalue weighted by Crippen LogP contribution is -2.39. The highest BCUT2D eigenvalue weighted by Gasteiger charge is 2.33. The summed E-state index contributed by atoms with van der Waals surface area (Å²) >= 11 is 0. The van der Waals surface area contributed by atoms with E-state index in [1.54, 1.807) is 0 Å². The number of ether oxygens (including phenoxy) is 2. The topological polar surface area (TPSA) is 45.2 Å². The SMILES string of the molecule is CC(C)N(CCOc1ccc(CN2C[C@H](Oc3cc(F)cc(F)c3)[C@@H](O)C2)cc1)C(C)C. The number of hydrogen-bond acceptors (Lipinski definition) is 5. The first-order valence-electron chi connectivity index (χ1n) is 11.2. The minimum absolute atomic E-state index is 0.0865. The zero-order valence-corrected chi connectivity index (χ0v) is 19.3. The molecule has 0 unspecified atom stereocenters. The predicted octanol–water partition coefficient (Wildman–Crippen LogP) is 4.09. The molecule has 0 bridgehead atoms. The Morgan fingerprint density at radius 3 is 2.19 bits per heavy atom. The van der Waals surface area contributed by atoms with Gasteiger partial charge in [-0.05, 0) is 45.4 Å². The number of likely N-dealkylation sites (tertiary alicyclic amines) is 1. The smallest absolute Gasteiger partial charge is 0.138 e. The Labute approximate surface area is 189 Å². The van der Waals surface area contributed by atoms with Crippen molar-refractivity contribution in [2.75, 3.05) is 26.2 Å². The number of halogens is 2. The summed E-state index contributed by atoms with van der Waals surface area (Å²) in [7, 11) is 0. The van der Waals surface area contributed by atoms with Crippen molar-refractivity contribution in [1.29, 1.82) is 0 Å². The molecule has 32 heavy (non-hydrogen) atoms. The van der Waals surface area contributed by atoms with E-state index in [9.17, 15) is 13.9 Å². The standard InChI is InChI=1S/C25H34F2N2O3/c1-17(2)29(18(3)4)9-10-31-22-7-5-19(6-8-22)14-28-15-24(30)25(16-28)32-23-12-20(26)11-21(27)13-23/h5-8,11-13,17-18,24-25,30H,9-10,14-16H2,1-4H3/t24-,25-/m0/s1. The molecule has 5 nitrogen and oxygen atoms in total. The van der Waals surface area contributed by atoms with E-state index in [-0.39, 0.29) is 5.75 Å². The molecule has 0 aliphatic carbocycles. The highest BCUT2D eigenvalue weighted by molar-refractivity contribution is 5.27. The molecule has 1 aliphatic heterocycles. The van der Waals surface area contributed by atoms with E-state index in [0.717, 1.165) is 36.1 Å². The van der Waals surface area contributed by atoms with Crippen molar-refractivity contribution in [3.8, 4) is 11.5 Å². The van der Waals surface area contributed by atoms with Crippen molar-refractivity contribution in [3.63, 3.8) is 0 Å². The van der Waals surface area contributed by atoms with Crippen LogP contribution in [0.2, 0.25) is 0 Å². The Balaban J connectivity index is 1.48. The fourth-order valence-corrected chi connectivity index (χ4v) is 4.18. The second-order valence-corrected chi connectivity index (χ2v) is 8.94. The number of β-amino-alcohol motifs (C(OH)–C–C–N with tert-alkyl or cyclic N) is 1. The van der Waals surface area contributed by atoms with Crippen LogP contribution in [0.5, 0.6) is 11.5 Å². The van der Waals surface area contributed by atoms with Crippen molar-refractivity contribution < 1.29 is 23.4 Å². The van der Waals surface area contributed by atoms with Gasteiger partial charge >= 0.3 is 0 Å². The maximum absolute atomic E-state index is 13.4. The molecule has 1 heterocycles. The lowest BCUT2D eigenvalue weighted by molar-refractivity contribution is 0.0732. The Kier molecular flexibility index (Phi) is 8.45. The molecule has 176 valence electrons. The van der Waals surface area contributed by atoms with Gasteiger partial charge in [-0.1, -0.05) is 12.1 Å². The Bertz CT molecular complexity index is 833. The van der Waals surface area contributed by atoms with Gasteiger partial charge in [0.1, 0.15) is 41.9 Å². The number of nitrogens with zero attached hydrogens (tertiary/aromatic N) is 2. The molecule has 0 radical (unpaired) electrons. The van der Waals surface area contributed by atoms with Gasteiger partial charge in [-0.15, -0.1) is 0 Å². The van der Waals surface area contributed by atoms with Gasteiger partial charge in [0.15, 0.2) is 0 Å². The molecule has 1 saturated heterocycles. The van der Waals surface area contributed by atoms with Crippen molar-refractivity contribution in [3.05, 3.63) is 59.7 Å². The lowest BCUT2D eigenvalue weighted by Gasteiger charge is -2.30. The highest BCUT2D eigenvalue weighted by atomic mass is 19.1. The summed E-state index contributed by atoms with van der Waals surface area (Å²) in [6.07, 6.45) is -1.27. The number of hydrogen-bond donors (Lipinski definition) is 1. The van der Waals surface area contributed by atoms with Gasteiger partial charge in [-0.3, -0.25) is 9.80 Å². The van der Waals surface area contributed by atoms with Gasteiger partial charge in [0.25, 0.3) is 0 Å². The van der Waals surface area contributed by atoms with E-state index >= 15 is 0 Å². The van der Waals surface area contributed by atoms with Gasteiger partial charge in [0.2, 0.25) is 0 Å². The molecule has 7 heteroatoms.